The van der Waals surface area contributed by atoms with Gasteiger partial charge in [0.05, 0.1) is 0 Å². The van der Waals surface area contributed by atoms with E-state index in [1.807, 2.05) is 24.3 Å². The van der Waals surface area contributed by atoms with Crippen LogP contribution in [0.2, 0.25) is 0 Å². The third-order valence-electron chi connectivity index (χ3n) is 5.40. The van der Waals surface area contributed by atoms with Crippen molar-refractivity contribution in [3.8, 4) is 11.5 Å². The molecule has 1 aromatic rings. The highest BCUT2D eigenvalue weighted by Crippen LogP contribution is 2.45. The van der Waals surface area contributed by atoms with Crippen molar-refractivity contribution in [2.45, 2.75) is 19.4 Å². The quantitative estimate of drug-likeness (QED) is 0.698. The number of ketones is 1. The fourth-order valence-corrected chi connectivity index (χ4v) is 4.59. The molecule has 3 aliphatic rings. The number of halogens is 1. The van der Waals surface area contributed by atoms with Crippen molar-refractivity contribution >= 4 is 21.7 Å². The lowest BCUT2D eigenvalue weighted by Gasteiger charge is -2.31. The van der Waals surface area contributed by atoms with Gasteiger partial charge in [0.2, 0.25) is 6.79 Å². The van der Waals surface area contributed by atoms with Crippen molar-refractivity contribution in [2.24, 2.45) is 11.8 Å². The summed E-state index contributed by atoms with van der Waals surface area (Å²) in [6.07, 6.45) is 11.2. The van der Waals surface area contributed by atoms with Gasteiger partial charge in [-0.3, -0.25) is 4.79 Å². The van der Waals surface area contributed by atoms with Gasteiger partial charge in [0.15, 0.2) is 17.3 Å². The van der Waals surface area contributed by atoms with Crippen molar-refractivity contribution in [2.75, 3.05) is 13.3 Å². The molecule has 4 rings (SSSR count). The molecule has 0 radical (unpaired) electrons. The Morgan fingerprint density at radius 3 is 2.81 bits per heavy atom. The molecule has 1 aliphatic carbocycles. The number of benzene rings is 1. The third-order valence-corrected chi connectivity index (χ3v) is 6.08. The Balaban J connectivity index is 1.72. The van der Waals surface area contributed by atoms with Gasteiger partial charge < -0.3 is 14.8 Å². The Labute approximate surface area is 167 Å². The van der Waals surface area contributed by atoms with E-state index >= 15 is 0 Å². The molecule has 3 atom stereocenters. The van der Waals surface area contributed by atoms with Crippen LogP contribution < -0.4 is 14.8 Å². The second kappa shape index (κ2) is 7.49. The Morgan fingerprint density at radius 1 is 1.26 bits per heavy atom. The lowest BCUT2D eigenvalue weighted by atomic mass is 9.80. The lowest BCUT2D eigenvalue weighted by Crippen LogP contribution is -2.32. The normalized spacial score (nSPS) is 29.8. The zero-order chi connectivity index (χ0) is 19.0. The minimum atomic E-state index is 0.0570. The SMILES string of the molecule is C=C1/C=C(C(C)=O)\C=C/CN[C@@H](c2cc3c(cc2Br)OCO3)[C@H]2CC=C[C@@H]12. The van der Waals surface area contributed by atoms with E-state index in [4.69, 9.17) is 9.47 Å². The average Bonchev–Trinajstić information content (AvgIpc) is 3.28. The zero-order valence-electron chi connectivity index (χ0n) is 15.2. The van der Waals surface area contributed by atoms with E-state index < -0.39 is 0 Å². The zero-order valence-corrected chi connectivity index (χ0v) is 16.8. The monoisotopic (exact) mass is 427 g/mol. The highest BCUT2D eigenvalue weighted by Gasteiger charge is 2.34. The van der Waals surface area contributed by atoms with Crippen LogP contribution in [0.25, 0.3) is 0 Å². The molecule has 0 amide bonds. The van der Waals surface area contributed by atoms with Gasteiger partial charge in [-0.05, 0) is 48.6 Å². The average molecular weight is 428 g/mol. The summed E-state index contributed by atoms with van der Waals surface area (Å²) in [7, 11) is 0. The van der Waals surface area contributed by atoms with Crippen LogP contribution in [0, 0.1) is 11.8 Å². The molecule has 0 unspecified atom stereocenters. The van der Waals surface area contributed by atoms with Gasteiger partial charge in [-0.15, -0.1) is 0 Å². The Bertz CT molecular complexity index is 884. The summed E-state index contributed by atoms with van der Waals surface area (Å²) in [5.41, 5.74) is 2.81. The predicted molar refractivity (Wildman–Crippen MR) is 109 cm³/mol. The van der Waals surface area contributed by atoms with E-state index in [-0.39, 0.29) is 24.5 Å². The first kappa shape index (κ1) is 18.3. The maximum Gasteiger partial charge on any atom is 0.231 e. The molecule has 2 aliphatic heterocycles. The number of ether oxygens (including phenoxy) is 2. The molecular formula is C22H22BrNO3. The molecule has 0 spiro atoms. The number of hydrogen-bond donors (Lipinski definition) is 1. The lowest BCUT2D eigenvalue weighted by molar-refractivity contribution is -0.113. The van der Waals surface area contributed by atoms with Crippen molar-refractivity contribution in [3.63, 3.8) is 0 Å². The molecular weight excluding hydrogens is 406 g/mol. The third kappa shape index (κ3) is 3.54. The molecule has 1 N–H and O–H groups in total. The van der Waals surface area contributed by atoms with E-state index in [9.17, 15) is 4.79 Å². The minimum absolute atomic E-state index is 0.0570. The first-order chi connectivity index (χ1) is 13.0. The molecule has 140 valence electrons. The fourth-order valence-electron chi connectivity index (χ4n) is 4.02. The number of fused-ring (bicyclic) bond motifs is 2. The summed E-state index contributed by atoms with van der Waals surface area (Å²) in [5, 5.41) is 3.66. The van der Waals surface area contributed by atoms with Crippen LogP contribution in [0.5, 0.6) is 11.5 Å². The molecule has 0 saturated carbocycles. The predicted octanol–water partition coefficient (Wildman–Crippen LogP) is 4.64. The van der Waals surface area contributed by atoms with E-state index in [1.54, 1.807) is 6.92 Å². The summed E-state index contributed by atoms with van der Waals surface area (Å²) in [5.74, 6) is 2.10. The number of carbonyl (C=O) groups is 1. The number of hydrogen-bond acceptors (Lipinski definition) is 4. The topological polar surface area (TPSA) is 47.6 Å². The summed E-state index contributed by atoms with van der Waals surface area (Å²) in [4.78, 5) is 11.9. The molecule has 5 heteroatoms. The van der Waals surface area contributed by atoms with E-state index in [0.29, 0.717) is 18.0 Å². The van der Waals surface area contributed by atoms with Gasteiger partial charge in [0.1, 0.15) is 0 Å². The van der Waals surface area contributed by atoms with Crippen LogP contribution in [0.1, 0.15) is 24.9 Å². The van der Waals surface area contributed by atoms with Gasteiger partial charge in [0.25, 0.3) is 0 Å². The molecule has 0 saturated heterocycles. The van der Waals surface area contributed by atoms with Gasteiger partial charge in [-0.1, -0.05) is 46.8 Å². The van der Waals surface area contributed by atoms with E-state index in [2.05, 4.69) is 46.0 Å². The van der Waals surface area contributed by atoms with Crippen molar-refractivity contribution in [1.82, 2.24) is 5.32 Å². The van der Waals surface area contributed by atoms with Crippen molar-refractivity contribution in [3.05, 3.63) is 70.3 Å². The number of carbonyl (C=O) groups excluding carboxylic acids is 1. The van der Waals surface area contributed by atoms with Crippen molar-refractivity contribution in [1.29, 1.82) is 0 Å². The minimum Gasteiger partial charge on any atom is -0.454 e. The summed E-state index contributed by atoms with van der Waals surface area (Å²) >= 11 is 3.71. The first-order valence-corrected chi connectivity index (χ1v) is 9.91. The summed E-state index contributed by atoms with van der Waals surface area (Å²) in [6, 6.07) is 4.16. The first-order valence-electron chi connectivity index (χ1n) is 9.11. The smallest absolute Gasteiger partial charge is 0.231 e. The van der Waals surface area contributed by atoms with Crippen molar-refractivity contribution < 1.29 is 14.3 Å². The maximum absolute atomic E-state index is 11.9. The number of rotatable bonds is 2. The van der Waals surface area contributed by atoms with Gasteiger partial charge in [0, 0.05) is 28.6 Å². The summed E-state index contributed by atoms with van der Waals surface area (Å²) in [6.45, 7) is 6.80. The molecule has 0 fully saturated rings. The van der Waals surface area contributed by atoms with Crippen LogP contribution >= 0.6 is 15.9 Å². The van der Waals surface area contributed by atoms with Crippen LogP contribution in [-0.2, 0) is 4.79 Å². The Hall–Kier alpha value is -2.11. The van der Waals surface area contributed by atoms with Gasteiger partial charge >= 0.3 is 0 Å². The highest BCUT2D eigenvalue weighted by atomic mass is 79.9. The van der Waals surface area contributed by atoms with Crippen LogP contribution in [0.15, 0.2) is 64.7 Å². The van der Waals surface area contributed by atoms with Gasteiger partial charge in [-0.2, -0.15) is 0 Å². The number of allylic oxidation sites excluding steroid dienone is 6. The molecule has 0 bridgehead atoms. The molecule has 4 nitrogen and oxygen atoms in total. The van der Waals surface area contributed by atoms with E-state index in [0.717, 1.165) is 33.5 Å². The fraction of sp³-hybridized carbons (Fsp3) is 0.318. The standard InChI is InChI=1S/C22H22BrNO3/c1-13-9-15(14(2)25)5-4-8-24-22(17-7-3-6-16(13)17)18-10-20-21(11-19(18)23)27-12-26-20/h3-6,9-11,16-17,22,24H,1,7-8,12H2,2H3/b5-4-,15-9+/t16-,17-,22+/m0/s1. The van der Waals surface area contributed by atoms with Crippen LogP contribution in [-0.4, -0.2) is 19.1 Å². The second-order valence-corrected chi connectivity index (χ2v) is 7.95. The Kier molecular flexibility index (Phi) is 5.06. The van der Waals surface area contributed by atoms with Gasteiger partial charge in [-0.25, -0.2) is 0 Å². The molecule has 1 aromatic carbocycles. The largest absolute Gasteiger partial charge is 0.454 e. The Morgan fingerprint density at radius 2 is 2.04 bits per heavy atom. The number of nitrogens with one attached hydrogen (secondary N) is 1. The maximum atomic E-state index is 11.9. The molecule has 2 heterocycles. The molecule has 0 aromatic heterocycles. The van der Waals surface area contributed by atoms with Crippen LogP contribution in [0.4, 0.5) is 0 Å². The molecule has 27 heavy (non-hydrogen) atoms. The van der Waals surface area contributed by atoms with Crippen LogP contribution in [0.3, 0.4) is 0 Å². The number of Topliss-reactive ketones (excluding diaryl/α,β-unsaturated/α-hetero) is 1. The second-order valence-electron chi connectivity index (χ2n) is 7.10. The summed E-state index contributed by atoms with van der Waals surface area (Å²) < 4.78 is 12.1. The van der Waals surface area contributed by atoms with E-state index in [1.165, 1.54) is 0 Å². The highest BCUT2D eigenvalue weighted by molar-refractivity contribution is 9.10.